The quantitative estimate of drug-likeness (QED) is 0.0562. The number of hydrogen-bond donors (Lipinski definition) is 13. The van der Waals surface area contributed by atoms with Gasteiger partial charge in [0.1, 0.15) is 0 Å². The zero-order chi connectivity index (χ0) is 31.0. The Balaban J connectivity index is -0.000000566. The van der Waals surface area contributed by atoms with Crippen molar-refractivity contribution in [2.75, 3.05) is 106 Å². The van der Waals surface area contributed by atoms with Crippen LogP contribution in [0.2, 0.25) is 0 Å². The van der Waals surface area contributed by atoms with Crippen molar-refractivity contribution >= 4 is 5.97 Å². The van der Waals surface area contributed by atoms with Gasteiger partial charge in [-0.3, -0.25) is 0 Å². The number of carboxylic acid groups (broad SMARTS) is 1. The van der Waals surface area contributed by atoms with Crippen LogP contribution in [0.4, 0.5) is 0 Å². The lowest BCUT2D eigenvalue weighted by Crippen LogP contribution is -2.43. The van der Waals surface area contributed by atoms with Crippen molar-refractivity contribution in [1.29, 1.82) is 0 Å². The van der Waals surface area contributed by atoms with Crippen molar-refractivity contribution < 1.29 is 80.7 Å². The molecule has 0 fully saturated rings. The van der Waals surface area contributed by atoms with E-state index in [1.165, 1.54) is 0 Å². The molecule has 0 rings (SSSR count). The van der Waals surface area contributed by atoms with E-state index in [0.29, 0.717) is 0 Å². The van der Waals surface area contributed by atoms with Gasteiger partial charge in [0.2, 0.25) is 0 Å². The normalized spacial score (nSPS) is 12.2. The molecule has 0 unspecified atom stereocenters. The molecule has 0 aromatic rings. The summed E-state index contributed by atoms with van der Waals surface area (Å²) in [6.45, 7) is -3.05. The van der Waals surface area contributed by atoms with Gasteiger partial charge < -0.3 is 75.9 Å². The predicted octanol–water partition coefficient (Wildman–Crippen LogP) is -5.88. The highest BCUT2D eigenvalue weighted by atomic mass is 16.5. The summed E-state index contributed by atoms with van der Waals surface area (Å²) < 4.78 is 10.3. The molecule has 0 aliphatic rings. The Morgan fingerprint density at radius 1 is 0.462 bits per heavy atom. The lowest BCUT2D eigenvalue weighted by atomic mass is 9.91. The Morgan fingerprint density at radius 3 is 0.667 bits per heavy atom. The summed E-state index contributed by atoms with van der Waals surface area (Å²) in [5.74, 6) is -0.981. The van der Waals surface area contributed by atoms with Crippen molar-refractivity contribution in [3.05, 3.63) is 12.7 Å². The monoisotopic (exact) mass is 580 g/mol. The topological polar surface area (TPSA) is 299 Å². The van der Waals surface area contributed by atoms with Crippen LogP contribution in [0.3, 0.4) is 0 Å². The van der Waals surface area contributed by atoms with E-state index in [1.54, 1.807) is 0 Å². The first-order valence-electron chi connectivity index (χ1n) is 11.7. The molecular weight excluding hydrogens is 532 g/mol. The Hall–Kier alpha value is -1.35. The molecular formula is C23H48O16. The van der Waals surface area contributed by atoms with Crippen LogP contribution in [0.5, 0.6) is 0 Å². The molecule has 0 aromatic heterocycles. The summed E-state index contributed by atoms with van der Waals surface area (Å²) in [7, 11) is 0. The van der Waals surface area contributed by atoms with Gasteiger partial charge in [0.05, 0.1) is 127 Å². The van der Waals surface area contributed by atoms with Crippen molar-refractivity contribution in [2.24, 2.45) is 21.7 Å². The fraction of sp³-hybridized carbons (Fsp3) is 0.870. The highest BCUT2D eigenvalue weighted by molar-refractivity contribution is 5.78. The maximum Gasteiger partial charge on any atom is 0.327 e. The van der Waals surface area contributed by atoms with Gasteiger partial charge in [0.25, 0.3) is 0 Å². The number of ether oxygens (including phenoxy) is 2. The SMILES string of the molecule is C=CC(=O)O.OCC(CO)(CO)COCC(CO)(CO)CO.OCC(CO)(CO)COCC(CO)(CO)CO. The first-order valence-corrected chi connectivity index (χ1v) is 11.7. The van der Waals surface area contributed by atoms with E-state index in [-0.39, 0.29) is 26.4 Å². The van der Waals surface area contributed by atoms with Gasteiger partial charge in [-0.25, -0.2) is 4.79 Å². The highest BCUT2D eigenvalue weighted by Gasteiger charge is 2.34. The fourth-order valence-electron chi connectivity index (χ4n) is 2.12. The van der Waals surface area contributed by atoms with Crippen molar-refractivity contribution in [3.8, 4) is 0 Å². The van der Waals surface area contributed by atoms with E-state index < -0.39 is 107 Å². The van der Waals surface area contributed by atoms with Gasteiger partial charge >= 0.3 is 5.97 Å². The van der Waals surface area contributed by atoms with E-state index in [2.05, 4.69) is 6.58 Å². The third-order valence-electron chi connectivity index (χ3n) is 5.83. The molecule has 236 valence electrons. The third kappa shape index (κ3) is 15.9. The summed E-state index contributed by atoms with van der Waals surface area (Å²) in [6, 6.07) is 0. The molecule has 13 N–H and O–H groups in total. The van der Waals surface area contributed by atoms with Crippen molar-refractivity contribution in [2.45, 2.75) is 0 Å². The minimum atomic E-state index is -1.16. The van der Waals surface area contributed by atoms with Crippen LogP contribution in [0.25, 0.3) is 0 Å². The first-order chi connectivity index (χ1) is 18.4. The molecule has 0 aliphatic heterocycles. The summed E-state index contributed by atoms with van der Waals surface area (Å²) >= 11 is 0. The largest absolute Gasteiger partial charge is 0.478 e. The number of hydrogen-bond acceptors (Lipinski definition) is 15. The number of aliphatic hydroxyl groups is 12. The highest BCUT2D eigenvalue weighted by Crippen LogP contribution is 2.21. The average molecular weight is 581 g/mol. The van der Waals surface area contributed by atoms with E-state index in [1.807, 2.05) is 0 Å². The zero-order valence-electron chi connectivity index (χ0n) is 22.1. The molecule has 39 heavy (non-hydrogen) atoms. The minimum Gasteiger partial charge on any atom is -0.478 e. The fourth-order valence-corrected chi connectivity index (χ4v) is 2.12. The number of aliphatic hydroxyl groups excluding tert-OH is 12. The summed E-state index contributed by atoms with van der Waals surface area (Å²) in [5.41, 5.74) is -4.64. The Morgan fingerprint density at radius 2 is 0.590 bits per heavy atom. The molecule has 0 atom stereocenters. The summed E-state index contributed by atoms with van der Waals surface area (Å²) in [5, 5.41) is 116. The van der Waals surface area contributed by atoms with Crippen LogP contribution in [-0.4, -0.2) is 178 Å². The Bertz CT molecular complexity index is 472. The van der Waals surface area contributed by atoms with Gasteiger partial charge in [0.15, 0.2) is 0 Å². The first kappa shape index (κ1) is 42.1. The lowest BCUT2D eigenvalue weighted by Gasteiger charge is -2.31. The average Bonchev–Trinajstić information content (AvgIpc) is 2.99. The van der Waals surface area contributed by atoms with Crippen molar-refractivity contribution in [3.63, 3.8) is 0 Å². The van der Waals surface area contributed by atoms with Crippen molar-refractivity contribution in [1.82, 2.24) is 0 Å². The second kappa shape index (κ2) is 23.4. The van der Waals surface area contributed by atoms with E-state index in [9.17, 15) is 4.79 Å². The van der Waals surface area contributed by atoms with Gasteiger partial charge in [-0.05, 0) is 0 Å². The van der Waals surface area contributed by atoms with E-state index in [0.717, 1.165) is 6.08 Å². The van der Waals surface area contributed by atoms with Crippen LogP contribution >= 0.6 is 0 Å². The molecule has 0 amide bonds. The molecule has 0 bridgehead atoms. The molecule has 0 saturated carbocycles. The molecule has 16 heteroatoms. The smallest absolute Gasteiger partial charge is 0.327 e. The van der Waals surface area contributed by atoms with Crippen LogP contribution in [-0.2, 0) is 14.3 Å². The van der Waals surface area contributed by atoms with Gasteiger partial charge in [0, 0.05) is 6.08 Å². The van der Waals surface area contributed by atoms with Crippen LogP contribution < -0.4 is 0 Å². The van der Waals surface area contributed by atoms with Gasteiger partial charge in [-0.15, -0.1) is 0 Å². The Labute approximate surface area is 227 Å². The van der Waals surface area contributed by atoms with E-state index in [4.69, 9.17) is 75.9 Å². The molecule has 0 radical (unpaired) electrons. The lowest BCUT2D eigenvalue weighted by molar-refractivity contribution is -0.131. The molecule has 0 heterocycles. The summed E-state index contributed by atoms with van der Waals surface area (Å²) in [6.07, 6.45) is 0.833. The number of rotatable bonds is 21. The number of carbonyl (C=O) groups is 1. The molecule has 0 aliphatic carbocycles. The second-order valence-corrected chi connectivity index (χ2v) is 9.43. The summed E-state index contributed by atoms with van der Waals surface area (Å²) in [4.78, 5) is 9.25. The van der Waals surface area contributed by atoms with Gasteiger partial charge in [-0.1, -0.05) is 6.58 Å². The molecule has 0 aromatic carbocycles. The van der Waals surface area contributed by atoms with E-state index >= 15 is 0 Å². The number of aliphatic carboxylic acids is 1. The molecule has 16 nitrogen and oxygen atoms in total. The predicted molar refractivity (Wildman–Crippen MR) is 134 cm³/mol. The van der Waals surface area contributed by atoms with Crippen LogP contribution in [0.15, 0.2) is 12.7 Å². The van der Waals surface area contributed by atoms with Gasteiger partial charge in [-0.2, -0.15) is 0 Å². The maximum atomic E-state index is 9.25. The second-order valence-electron chi connectivity index (χ2n) is 9.43. The molecule has 0 spiro atoms. The third-order valence-corrected chi connectivity index (χ3v) is 5.83. The maximum absolute atomic E-state index is 9.25. The van der Waals surface area contributed by atoms with Crippen LogP contribution in [0.1, 0.15) is 0 Å². The van der Waals surface area contributed by atoms with Crippen LogP contribution in [0, 0.1) is 21.7 Å². The Kier molecular flexibility index (Phi) is 25.2. The zero-order valence-corrected chi connectivity index (χ0v) is 22.1. The molecule has 0 saturated heterocycles. The minimum absolute atomic E-state index is 0.141. The number of carboxylic acids is 1. The standard InChI is InChI=1S/2C10H22O7.C3H4O2/c2*11-1-9(2-12,3-13)7-17-8-10(4-14,5-15)6-16;1-2-3(4)5/h2*11-16H,1-8H2;2H,1H2,(H,4,5).